The minimum atomic E-state index is -0.860. The first kappa shape index (κ1) is 16.7. The number of halogens is 2. The molecule has 0 saturated carbocycles. The SMILES string of the molecule is Cc1ccc([C@H](C)NC(=O)CNC(=O)c2cc(F)cc(F)c2)o1. The first-order valence-corrected chi connectivity index (χ1v) is 6.95. The number of benzene rings is 1. The van der Waals surface area contributed by atoms with Gasteiger partial charge in [0.15, 0.2) is 0 Å². The summed E-state index contributed by atoms with van der Waals surface area (Å²) in [6.45, 7) is 3.21. The van der Waals surface area contributed by atoms with E-state index in [1.165, 1.54) is 0 Å². The summed E-state index contributed by atoms with van der Waals surface area (Å²) in [4.78, 5) is 23.6. The summed E-state index contributed by atoms with van der Waals surface area (Å²) in [6.07, 6.45) is 0. The molecule has 2 amide bonds. The van der Waals surface area contributed by atoms with Crippen molar-refractivity contribution in [2.24, 2.45) is 0 Å². The molecule has 0 bridgehead atoms. The second-order valence-corrected chi connectivity index (χ2v) is 5.08. The molecular weight excluding hydrogens is 306 g/mol. The molecule has 0 spiro atoms. The Hall–Kier alpha value is -2.70. The second kappa shape index (κ2) is 7.04. The van der Waals surface area contributed by atoms with Gasteiger partial charge in [-0.15, -0.1) is 0 Å². The van der Waals surface area contributed by atoms with E-state index in [-0.39, 0.29) is 18.2 Å². The van der Waals surface area contributed by atoms with E-state index in [1.807, 2.05) is 0 Å². The van der Waals surface area contributed by atoms with Crippen molar-refractivity contribution < 1.29 is 22.8 Å². The Bertz CT molecular complexity index is 708. The third kappa shape index (κ3) is 4.64. The van der Waals surface area contributed by atoms with Crippen LogP contribution in [0.1, 0.15) is 34.8 Å². The molecule has 23 heavy (non-hydrogen) atoms. The Labute approximate surface area is 131 Å². The lowest BCUT2D eigenvalue weighted by molar-refractivity contribution is -0.120. The van der Waals surface area contributed by atoms with Crippen molar-refractivity contribution in [1.82, 2.24) is 10.6 Å². The standard InChI is InChI=1S/C16H16F2N2O3/c1-9-3-4-14(23-9)10(2)20-15(21)8-19-16(22)11-5-12(17)7-13(18)6-11/h3-7,10H,8H2,1-2H3,(H,19,22)(H,20,21)/t10-/m0/s1. The van der Waals surface area contributed by atoms with Crippen molar-refractivity contribution in [3.63, 3.8) is 0 Å². The highest BCUT2D eigenvalue weighted by Gasteiger charge is 2.14. The Morgan fingerprint density at radius 2 is 1.83 bits per heavy atom. The molecule has 0 saturated heterocycles. The first-order chi connectivity index (χ1) is 10.8. The van der Waals surface area contributed by atoms with Crippen LogP contribution in [0.3, 0.4) is 0 Å². The van der Waals surface area contributed by atoms with Gasteiger partial charge < -0.3 is 15.1 Å². The van der Waals surface area contributed by atoms with E-state index in [0.717, 1.165) is 17.9 Å². The smallest absolute Gasteiger partial charge is 0.251 e. The van der Waals surface area contributed by atoms with Crippen LogP contribution in [0.25, 0.3) is 0 Å². The normalized spacial score (nSPS) is 11.8. The number of aryl methyl sites for hydroxylation is 1. The zero-order chi connectivity index (χ0) is 17.0. The molecule has 0 fully saturated rings. The van der Waals surface area contributed by atoms with Crippen molar-refractivity contribution in [3.8, 4) is 0 Å². The number of amides is 2. The lowest BCUT2D eigenvalue weighted by Gasteiger charge is -2.12. The Morgan fingerprint density at radius 1 is 1.17 bits per heavy atom. The van der Waals surface area contributed by atoms with Crippen LogP contribution in [0.5, 0.6) is 0 Å². The minimum Gasteiger partial charge on any atom is -0.464 e. The van der Waals surface area contributed by atoms with Crippen molar-refractivity contribution in [2.45, 2.75) is 19.9 Å². The summed E-state index contributed by atoms with van der Waals surface area (Å²) < 4.78 is 31.5. The largest absolute Gasteiger partial charge is 0.464 e. The molecule has 122 valence electrons. The van der Waals surface area contributed by atoms with E-state index in [4.69, 9.17) is 4.42 Å². The van der Waals surface area contributed by atoms with E-state index in [2.05, 4.69) is 10.6 Å². The molecular formula is C16H16F2N2O3. The highest BCUT2D eigenvalue weighted by atomic mass is 19.1. The van der Waals surface area contributed by atoms with Crippen LogP contribution in [-0.4, -0.2) is 18.4 Å². The van der Waals surface area contributed by atoms with E-state index >= 15 is 0 Å². The number of carbonyl (C=O) groups is 2. The second-order valence-electron chi connectivity index (χ2n) is 5.08. The average molecular weight is 322 g/mol. The molecule has 2 aromatic rings. The molecule has 0 unspecified atom stereocenters. The lowest BCUT2D eigenvalue weighted by atomic mass is 10.2. The van der Waals surface area contributed by atoms with Crippen molar-refractivity contribution >= 4 is 11.8 Å². The maximum absolute atomic E-state index is 13.0. The van der Waals surface area contributed by atoms with Crippen LogP contribution < -0.4 is 10.6 Å². The van der Waals surface area contributed by atoms with E-state index < -0.39 is 23.4 Å². The van der Waals surface area contributed by atoms with Gasteiger partial charge >= 0.3 is 0 Å². The molecule has 2 rings (SSSR count). The molecule has 7 heteroatoms. The molecule has 1 heterocycles. The van der Waals surface area contributed by atoms with Crippen molar-refractivity contribution in [3.05, 3.63) is 59.1 Å². The van der Waals surface area contributed by atoms with Gasteiger partial charge in [0.25, 0.3) is 5.91 Å². The van der Waals surface area contributed by atoms with E-state index in [9.17, 15) is 18.4 Å². The highest BCUT2D eigenvalue weighted by molar-refractivity contribution is 5.96. The summed E-state index contributed by atoms with van der Waals surface area (Å²) >= 11 is 0. The van der Waals surface area contributed by atoms with Crippen LogP contribution in [0, 0.1) is 18.6 Å². The number of hydrogen-bond acceptors (Lipinski definition) is 3. The topological polar surface area (TPSA) is 71.3 Å². The van der Waals surface area contributed by atoms with E-state index in [1.54, 1.807) is 26.0 Å². The van der Waals surface area contributed by atoms with Crippen LogP contribution in [-0.2, 0) is 4.79 Å². The highest BCUT2D eigenvalue weighted by Crippen LogP contribution is 2.15. The fraction of sp³-hybridized carbons (Fsp3) is 0.250. The Balaban J connectivity index is 1.87. The number of carbonyl (C=O) groups excluding carboxylic acids is 2. The molecule has 0 aliphatic heterocycles. The fourth-order valence-corrected chi connectivity index (χ4v) is 2.00. The third-order valence-electron chi connectivity index (χ3n) is 3.10. The van der Waals surface area contributed by atoms with Gasteiger partial charge in [0.2, 0.25) is 5.91 Å². The van der Waals surface area contributed by atoms with Crippen LogP contribution in [0.15, 0.2) is 34.7 Å². The molecule has 0 aliphatic rings. The van der Waals surface area contributed by atoms with E-state index in [0.29, 0.717) is 11.8 Å². The number of nitrogens with one attached hydrogen (secondary N) is 2. The number of rotatable bonds is 5. The van der Waals surface area contributed by atoms with Crippen LogP contribution in [0.4, 0.5) is 8.78 Å². The summed E-state index contributed by atoms with van der Waals surface area (Å²) in [7, 11) is 0. The quantitative estimate of drug-likeness (QED) is 0.888. The molecule has 0 radical (unpaired) electrons. The van der Waals surface area contributed by atoms with Gasteiger partial charge in [-0.2, -0.15) is 0 Å². The van der Waals surface area contributed by atoms with Gasteiger partial charge in [-0.25, -0.2) is 8.78 Å². The van der Waals surface area contributed by atoms with Gasteiger partial charge in [-0.3, -0.25) is 9.59 Å². The predicted molar refractivity (Wildman–Crippen MR) is 78.7 cm³/mol. The Morgan fingerprint density at radius 3 is 2.39 bits per heavy atom. The zero-order valence-corrected chi connectivity index (χ0v) is 12.7. The molecule has 0 aliphatic carbocycles. The third-order valence-corrected chi connectivity index (χ3v) is 3.10. The molecule has 2 N–H and O–H groups in total. The maximum Gasteiger partial charge on any atom is 0.251 e. The molecule has 1 aromatic heterocycles. The summed E-state index contributed by atoms with van der Waals surface area (Å²) in [5.41, 5.74) is -0.190. The van der Waals surface area contributed by atoms with Crippen LogP contribution in [0.2, 0.25) is 0 Å². The van der Waals surface area contributed by atoms with Gasteiger partial charge in [0.05, 0.1) is 12.6 Å². The van der Waals surface area contributed by atoms with Crippen molar-refractivity contribution in [2.75, 3.05) is 6.54 Å². The van der Waals surface area contributed by atoms with Crippen molar-refractivity contribution in [1.29, 1.82) is 0 Å². The Kier molecular flexibility index (Phi) is 5.10. The fourth-order valence-electron chi connectivity index (χ4n) is 2.00. The van der Waals surface area contributed by atoms with Gasteiger partial charge in [0, 0.05) is 11.6 Å². The summed E-state index contributed by atoms with van der Waals surface area (Å²) in [5, 5.41) is 4.94. The lowest BCUT2D eigenvalue weighted by Crippen LogP contribution is -2.38. The van der Waals surface area contributed by atoms with Gasteiger partial charge in [-0.1, -0.05) is 0 Å². The summed E-state index contributed by atoms with van der Waals surface area (Å²) in [5.74, 6) is -1.59. The van der Waals surface area contributed by atoms with Crippen LogP contribution >= 0.6 is 0 Å². The number of furan rings is 1. The number of hydrogen-bond donors (Lipinski definition) is 2. The summed E-state index contributed by atoms with van der Waals surface area (Å²) in [6, 6.07) is 5.61. The monoisotopic (exact) mass is 322 g/mol. The maximum atomic E-state index is 13.0. The molecule has 1 aromatic carbocycles. The minimum absolute atomic E-state index is 0.190. The van der Waals surface area contributed by atoms with Gasteiger partial charge in [0.1, 0.15) is 23.2 Å². The predicted octanol–water partition coefficient (Wildman–Crippen LogP) is 2.47. The molecule has 1 atom stereocenters. The zero-order valence-electron chi connectivity index (χ0n) is 12.7. The molecule has 5 nitrogen and oxygen atoms in total. The van der Waals surface area contributed by atoms with Gasteiger partial charge in [-0.05, 0) is 38.1 Å². The average Bonchev–Trinajstić information content (AvgIpc) is 2.90. The first-order valence-electron chi connectivity index (χ1n) is 6.95.